The van der Waals surface area contributed by atoms with Gasteiger partial charge in [-0.05, 0) is 44.4 Å². The summed E-state index contributed by atoms with van der Waals surface area (Å²) in [6, 6.07) is 9.13. The molecule has 1 atom stereocenters. The Morgan fingerprint density at radius 3 is 2.59 bits per heavy atom. The Morgan fingerprint density at radius 1 is 1.32 bits per heavy atom. The fourth-order valence-corrected chi connectivity index (χ4v) is 2.71. The molecule has 22 heavy (non-hydrogen) atoms. The van der Waals surface area contributed by atoms with Crippen LogP contribution in [0.2, 0.25) is 0 Å². The highest BCUT2D eigenvalue weighted by Crippen LogP contribution is 2.23. The third-order valence-electron chi connectivity index (χ3n) is 3.92. The van der Waals surface area contributed by atoms with Gasteiger partial charge in [-0.25, -0.2) is 0 Å². The summed E-state index contributed by atoms with van der Waals surface area (Å²) in [5, 5.41) is 3.51. The molecule has 1 fully saturated rings. The van der Waals surface area contributed by atoms with Gasteiger partial charge < -0.3 is 15.1 Å². The van der Waals surface area contributed by atoms with Crippen molar-refractivity contribution in [3.8, 4) is 0 Å². The smallest absolute Gasteiger partial charge is 0.193 e. The van der Waals surface area contributed by atoms with E-state index in [1.54, 1.807) is 0 Å². The molecule has 1 saturated heterocycles. The van der Waals surface area contributed by atoms with Crippen LogP contribution in [0.15, 0.2) is 29.3 Å². The van der Waals surface area contributed by atoms with E-state index in [1.165, 1.54) is 37.2 Å². The lowest BCUT2D eigenvalue weighted by Crippen LogP contribution is -2.38. The molecular weight excluding hydrogens is 387 g/mol. The van der Waals surface area contributed by atoms with Crippen LogP contribution in [0.4, 0.5) is 5.69 Å². The summed E-state index contributed by atoms with van der Waals surface area (Å²) in [7, 11) is 4.05. The lowest BCUT2D eigenvalue weighted by Gasteiger charge is -2.24. The molecule has 1 heterocycles. The van der Waals surface area contributed by atoms with Gasteiger partial charge in [0.25, 0.3) is 0 Å². The number of hydrogen-bond donors (Lipinski definition) is 1. The zero-order chi connectivity index (χ0) is 15.2. The van der Waals surface area contributed by atoms with Crippen molar-refractivity contribution in [3.63, 3.8) is 0 Å². The summed E-state index contributed by atoms with van der Waals surface area (Å²) >= 11 is 0. The van der Waals surface area contributed by atoms with Gasteiger partial charge in [-0.3, -0.25) is 4.99 Å². The lowest BCUT2D eigenvalue weighted by molar-refractivity contribution is 0.555. The maximum atomic E-state index is 4.51. The summed E-state index contributed by atoms with van der Waals surface area (Å²) in [6.45, 7) is 7.42. The molecule has 1 aliphatic rings. The highest BCUT2D eigenvalue weighted by molar-refractivity contribution is 14.0. The maximum absolute atomic E-state index is 4.51. The van der Waals surface area contributed by atoms with Gasteiger partial charge in [0, 0.05) is 39.4 Å². The average Bonchev–Trinajstić information content (AvgIpc) is 3.01. The van der Waals surface area contributed by atoms with Gasteiger partial charge in [-0.2, -0.15) is 0 Å². The molecule has 1 aromatic rings. The summed E-state index contributed by atoms with van der Waals surface area (Å²) in [4.78, 5) is 9.02. The third-order valence-corrected chi connectivity index (χ3v) is 3.92. The molecule has 0 bridgehead atoms. The van der Waals surface area contributed by atoms with Gasteiger partial charge in [-0.1, -0.05) is 12.1 Å². The van der Waals surface area contributed by atoms with Crippen LogP contribution >= 0.6 is 24.0 Å². The molecule has 0 aliphatic carbocycles. The third kappa shape index (κ3) is 5.04. The molecular formula is C17H29IN4. The van der Waals surface area contributed by atoms with Crippen LogP contribution in [-0.4, -0.2) is 44.6 Å². The fourth-order valence-electron chi connectivity index (χ4n) is 2.71. The van der Waals surface area contributed by atoms with E-state index in [1.807, 2.05) is 19.0 Å². The van der Waals surface area contributed by atoms with Gasteiger partial charge in [0.1, 0.15) is 0 Å². The van der Waals surface area contributed by atoms with Crippen molar-refractivity contribution in [1.29, 1.82) is 0 Å². The molecule has 0 aromatic heterocycles. The Balaban J connectivity index is 0.00000242. The summed E-state index contributed by atoms with van der Waals surface area (Å²) in [5.41, 5.74) is 2.66. The molecule has 1 unspecified atom stereocenters. The van der Waals surface area contributed by atoms with E-state index in [-0.39, 0.29) is 30.0 Å². The zero-order valence-electron chi connectivity index (χ0n) is 14.2. The minimum absolute atomic E-state index is 0. The molecule has 1 aliphatic heterocycles. The second-order valence-corrected chi connectivity index (χ2v) is 5.85. The number of halogens is 1. The molecule has 1 N–H and O–H groups in total. The van der Waals surface area contributed by atoms with Crippen molar-refractivity contribution in [2.75, 3.05) is 38.6 Å². The molecule has 124 valence electrons. The van der Waals surface area contributed by atoms with Crippen LogP contribution in [0.5, 0.6) is 0 Å². The Morgan fingerprint density at radius 2 is 2.00 bits per heavy atom. The largest absolute Gasteiger partial charge is 0.372 e. The van der Waals surface area contributed by atoms with E-state index < -0.39 is 0 Å². The molecule has 4 nitrogen and oxygen atoms in total. The fraction of sp³-hybridized carbons (Fsp3) is 0.588. The number of guanidine groups is 1. The molecule has 5 heteroatoms. The first kappa shape index (κ1) is 19.1. The number of benzene rings is 1. The number of rotatable bonds is 4. The van der Waals surface area contributed by atoms with Crippen molar-refractivity contribution in [1.82, 2.24) is 10.2 Å². The van der Waals surface area contributed by atoms with Crippen molar-refractivity contribution in [3.05, 3.63) is 29.8 Å². The Hall–Kier alpha value is -0.980. The van der Waals surface area contributed by atoms with Crippen LogP contribution in [0.25, 0.3) is 0 Å². The number of hydrogen-bond acceptors (Lipinski definition) is 2. The second kappa shape index (κ2) is 9.22. The predicted molar refractivity (Wildman–Crippen MR) is 107 cm³/mol. The van der Waals surface area contributed by atoms with Gasteiger partial charge in [0.05, 0.1) is 6.04 Å². The van der Waals surface area contributed by atoms with E-state index in [0.29, 0.717) is 0 Å². The van der Waals surface area contributed by atoms with E-state index >= 15 is 0 Å². The monoisotopic (exact) mass is 416 g/mol. The van der Waals surface area contributed by atoms with Crippen molar-refractivity contribution in [2.24, 2.45) is 4.99 Å². The molecule has 0 amide bonds. The molecule has 0 radical (unpaired) electrons. The van der Waals surface area contributed by atoms with Crippen molar-refractivity contribution < 1.29 is 0 Å². The maximum Gasteiger partial charge on any atom is 0.193 e. The van der Waals surface area contributed by atoms with Gasteiger partial charge in [0.2, 0.25) is 0 Å². The number of nitrogens with zero attached hydrogens (tertiary/aromatic N) is 3. The number of aliphatic imine (C=N–C) groups is 1. The first-order valence-electron chi connectivity index (χ1n) is 7.95. The normalized spacial score (nSPS) is 16.2. The summed E-state index contributed by atoms with van der Waals surface area (Å²) in [6.07, 6.45) is 2.62. The van der Waals surface area contributed by atoms with Crippen LogP contribution in [-0.2, 0) is 0 Å². The average molecular weight is 416 g/mol. The SMILES string of the molecule is CCN=C(NC(C)c1cccc(N2CCCC2)c1)N(C)C.I. The molecule has 0 spiro atoms. The Kier molecular flexibility index (Phi) is 8.00. The number of anilines is 1. The topological polar surface area (TPSA) is 30.9 Å². The van der Waals surface area contributed by atoms with Crippen LogP contribution in [0.1, 0.15) is 38.3 Å². The molecule has 1 aromatic carbocycles. The van der Waals surface area contributed by atoms with E-state index in [9.17, 15) is 0 Å². The predicted octanol–water partition coefficient (Wildman–Crippen LogP) is 3.49. The van der Waals surface area contributed by atoms with Crippen LogP contribution < -0.4 is 10.2 Å². The highest BCUT2D eigenvalue weighted by Gasteiger charge is 2.14. The zero-order valence-corrected chi connectivity index (χ0v) is 16.5. The van der Waals surface area contributed by atoms with Crippen molar-refractivity contribution >= 4 is 35.6 Å². The van der Waals surface area contributed by atoms with Gasteiger partial charge in [-0.15, -0.1) is 24.0 Å². The molecule has 0 saturated carbocycles. The summed E-state index contributed by atoms with van der Waals surface area (Å²) < 4.78 is 0. The number of nitrogens with one attached hydrogen (secondary N) is 1. The van der Waals surface area contributed by atoms with Crippen LogP contribution in [0, 0.1) is 0 Å². The quantitative estimate of drug-likeness (QED) is 0.463. The van der Waals surface area contributed by atoms with E-state index in [2.05, 4.69) is 53.3 Å². The van der Waals surface area contributed by atoms with Crippen molar-refractivity contribution in [2.45, 2.75) is 32.7 Å². The van der Waals surface area contributed by atoms with Gasteiger partial charge in [0.15, 0.2) is 5.96 Å². The highest BCUT2D eigenvalue weighted by atomic mass is 127. The minimum atomic E-state index is 0. The van der Waals surface area contributed by atoms with E-state index in [4.69, 9.17) is 0 Å². The standard InChI is InChI=1S/C17H28N4.HI/c1-5-18-17(20(3)4)19-14(2)15-9-8-10-16(13-15)21-11-6-7-12-21;/h8-10,13-14H,5-7,11-12H2,1-4H3,(H,18,19);1H. The molecule has 2 rings (SSSR count). The first-order chi connectivity index (χ1) is 10.1. The minimum Gasteiger partial charge on any atom is -0.372 e. The Labute approximate surface area is 152 Å². The van der Waals surface area contributed by atoms with Gasteiger partial charge >= 0.3 is 0 Å². The first-order valence-corrected chi connectivity index (χ1v) is 7.95. The van der Waals surface area contributed by atoms with E-state index in [0.717, 1.165) is 12.5 Å². The lowest BCUT2D eigenvalue weighted by atomic mass is 10.1. The Bertz CT molecular complexity index is 481. The second-order valence-electron chi connectivity index (χ2n) is 5.85. The van der Waals surface area contributed by atoms with Crippen LogP contribution in [0.3, 0.4) is 0 Å². The summed E-state index contributed by atoms with van der Waals surface area (Å²) in [5.74, 6) is 0.941.